The lowest BCUT2D eigenvalue weighted by Gasteiger charge is -2.58. The van der Waals surface area contributed by atoms with E-state index in [9.17, 15) is 9.59 Å². The molecule has 4 aliphatic carbocycles. The van der Waals surface area contributed by atoms with Gasteiger partial charge in [-0.1, -0.05) is 72.0 Å². The van der Waals surface area contributed by atoms with E-state index in [1.165, 1.54) is 57.8 Å². The smallest absolute Gasteiger partial charge is 0.315 e. The number of nitrogens with one attached hydrogen (secondary N) is 3. The Labute approximate surface area is 266 Å². The van der Waals surface area contributed by atoms with Crippen LogP contribution in [0.3, 0.4) is 0 Å². The van der Waals surface area contributed by atoms with Gasteiger partial charge < -0.3 is 16.0 Å². The second kappa shape index (κ2) is 12.9. The molecule has 5 fully saturated rings. The first-order valence-electron chi connectivity index (χ1n) is 18.3. The summed E-state index contributed by atoms with van der Waals surface area (Å²) in [5.41, 5.74) is 2.56. The van der Waals surface area contributed by atoms with Crippen LogP contribution in [0.25, 0.3) is 0 Å². The molecule has 3 amide bonds. The second-order valence-corrected chi connectivity index (χ2v) is 17.9. The maximum atomic E-state index is 12.9. The molecule has 0 radical (unpaired) electrons. The molecule has 6 rings (SSSR count). The average Bonchev–Trinajstić information content (AvgIpc) is 3.62. The molecule has 0 aromatic rings. The number of thioether (sulfide) groups is 1. The number of hydrogen-bond donors (Lipinski definition) is 3. The fourth-order valence-electron chi connectivity index (χ4n) is 11.4. The number of allylic oxidation sites excluding steroid dienone is 1. The van der Waals surface area contributed by atoms with Crippen molar-refractivity contribution in [3.05, 3.63) is 11.6 Å². The van der Waals surface area contributed by atoms with Gasteiger partial charge in [-0.3, -0.25) is 4.79 Å². The third-order valence-corrected chi connectivity index (χ3v) is 15.3. The van der Waals surface area contributed by atoms with E-state index in [1.54, 1.807) is 5.57 Å². The summed E-state index contributed by atoms with van der Waals surface area (Å²) in [6, 6.07) is 0.847. The van der Waals surface area contributed by atoms with Gasteiger partial charge in [-0.15, -0.1) is 0 Å². The quantitative estimate of drug-likeness (QED) is 0.125. The van der Waals surface area contributed by atoms with Gasteiger partial charge in [0.15, 0.2) is 0 Å². The van der Waals surface area contributed by atoms with Crippen LogP contribution in [-0.2, 0) is 4.79 Å². The first-order valence-corrected chi connectivity index (χ1v) is 19.3. The normalized spacial score (nSPS) is 42.3. The fraction of sp³-hybridized carbons (Fsp3) is 0.892. The molecule has 0 spiro atoms. The molecule has 2 heterocycles. The van der Waals surface area contributed by atoms with Gasteiger partial charge in [-0.25, -0.2) is 4.79 Å². The van der Waals surface area contributed by atoms with E-state index >= 15 is 0 Å². The molecule has 5 nitrogen and oxygen atoms in total. The van der Waals surface area contributed by atoms with E-state index in [0.29, 0.717) is 28.5 Å². The van der Waals surface area contributed by atoms with Crippen molar-refractivity contribution in [2.45, 2.75) is 154 Å². The summed E-state index contributed by atoms with van der Waals surface area (Å²) in [6.45, 7) is 12.6. The molecule has 43 heavy (non-hydrogen) atoms. The number of hydrogen-bond acceptors (Lipinski definition) is 3. The van der Waals surface area contributed by atoms with Crippen LogP contribution >= 0.6 is 11.8 Å². The standard InChI is InChI=1S/C37H61N3O2S/c1-23(2)9-8-10-24(3)28-15-16-29-27-14-13-25-21-26(17-19-36(25,4)30(27)18-20-37(28,29)5)38-33(41)12-7-6-11-32-34-31(22-43-32)39-35(42)40-34/h13,23-24,26-32,34H,6-12,14-22H2,1-5H3,(H,38,41)(H2,39,40,42)/t24-,26-,27+,28-,29+,30+,31+,32+,34+,36+,37-/m1/s1. The SMILES string of the molecule is CC(C)CCC[C@@H](C)[C@H]1CC[C@H]2[C@@H]3CC=C4C[C@H](NC(=O)CCCC[C@@H]5SC[C@@H]6NC(=O)N[C@@H]65)CC[C@]4(C)[C@H]3CC[C@]12C. The zero-order chi connectivity index (χ0) is 30.4. The first-order chi connectivity index (χ1) is 20.6. The number of unbranched alkanes of at least 4 members (excludes halogenated alkanes) is 1. The van der Waals surface area contributed by atoms with Crippen molar-refractivity contribution >= 4 is 23.7 Å². The Morgan fingerprint density at radius 3 is 2.67 bits per heavy atom. The lowest BCUT2D eigenvalue weighted by molar-refractivity contribution is -0.122. The summed E-state index contributed by atoms with van der Waals surface area (Å²) in [5.74, 6) is 6.48. The Balaban J connectivity index is 0.979. The molecule has 3 N–H and O–H groups in total. The summed E-state index contributed by atoms with van der Waals surface area (Å²) in [5, 5.41) is 10.0. The fourth-order valence-corrected chi connectivity index (χ4v) is 12.9. The van der Waals surface area contributed by atoms with Crippen LogP contribution in [0.2, 0.25) is 0 Å². The lowest BCUT2D eigenvalue weighted by Crippen LogP contribution is -2.52. The summed E-state index contributed by atoms with van der Waals surface area (Å²) in [6.07, 6.45) is 21.1. The maximum Gasteiger partial charge on any atom is 0.315 e. The average molecular weight is 612 g/mol. The highest BCUT2D eigenvalue weighted by molar-refractivity contribution is 8.00. The molecular weight excluding hydrogens is 550 g/mol. The molecule has 0 aromatic carbocycles. The first kappa shape index (κ1) is 31.8. The summed E-state index contributed by atoms with van der Waals surface area (Å²) >= 11 is 1.97. The molecule has 0 aromatic heterocycles. The van der Waals surface area contributed by atoms with Crippen LogP contribution in [0.5, 0.6) is 0 Å². The number of amides is 3. The van der Waals surface area contributed by atoms with Gasteiger partial charge in [0.05, 0.1) is 12.1 Å². The van der Waals surface area contributed by atoms with E-state index in [1.807, 2.05) is 11.8 Å². The number of carbonyl (C=O) groups is 2. The third kappa shape index (κ3) is 6.30. The largest absolute Gasteiger partial charge is 0.353 e. The molecular formula is C37H61N3O2S. The summed E-state index contributed by atoms with van der Waals surface area (Å²) in [7, 11) is 0. The zero-order valence-corrected chi connectivity index (χ0v) is 28.7. The molecule has 2 aliphatic heterocycles. The van der Waals surface area contributed by atoms with Crippen LogP contribution in [-0.4, -0.2) is 41.1 Å². The summed E-state index contributed by atoms with van der Waals surface area (Å²) < 4.78 is 0. The Bertz CT molecular complexity index is 1060. The molecule has 2 saturated heterocycles. The van der Waals surface area contributed by atoms with Crippen molar-refractivity contribution in [2.24, 2.45) is 46.3 Å². The van der Waals surface area contributed by atoms with Crippen LogP contribution in [0, 0.1) is 46.3 Å². The van der Waals surface area contributed by atoms with Crippen LogP contribution in [0.1, 0.15) is 131 Å². The number of urea groups is 1. The molecule has 0 bridgehead atoms. The molecule has 6 heteroatoms. The van der Waals surface area contributed by atoms with Crippen molar-refractivity contribution in [1.82, 2.24) is 16.0 Å². The zero-order valence-electron chi connectivity index (χ0n) is 27.9. The van der Waals surface area contributed by atoms with Crippen LogP contribution in [0.15, 0.2) is 11.6 Å². The molecule has 11 atom stereocenters. The minimum Gasteiger partial charge on any atom is -0.353 e. The third-order valence-electron chi connectivity index (χ3n) is 13.8. The van der Waals surface area contributed by atoms with Gasteiger partial charge >= 0.3 is 6.03 Å². The van der Waals surface area contributed by atoms with Gasteiger partial charge in [-0.2, -0.15) is 11.8 Å². The monoisotopic (exact) mass is 611 g/mol. The molecule has 242 valence electrons. The van der Waals surface area contributed by atoms with Gasteiger partial charge in [0.1, 0.15) is 0 Å². The molecule has 0 unspecified atom stereocenters. The Morgan fingerprint density at radius 1 is 1.02 bits per heavy atom. The topological polar surface area (TPSA) is 70.2 Å². The highest BCUT2D eigenvalue weighted by atomic mass is 32.2. The Hall–Kier alpha value is -1.17. The van der Waals surface area contributed by atoms with Gasteiger partial charge in [0.25, 0.3) is 0 Å². The van der Waals surface area contributed by atoms with Crippen molar-refractivity contribution in [3.63, 3.8) is 0 Å². The van der Waals surface area contributed by atoms with E-state index in [4.69, 9.17) is 0 Å². The van der Waals surface area contributed by atoms with Crippen molar-refractivity contribution in [3.8, 4) is 0 Å². The molecule has 6 aliphatic rings. The van der Waals surface area contributed by atoms with Crippen molar-refractivity contribution in [2.75, 3.05) is 5.75 Å². The molecule has 3 saturated carbocycles. The van der Waals surface area contributed by atoms with Crippen molar-refractivity contribution in [1.29, 1.82) is 0 Å². The Kier molecular flexibility index (Phi) is 9.55. The van der Waals surface area contributed by atoms with Crippen LogP contribution in [0.4, 0.5) is 4.79 Å². The van der Waals surface area contributed by atoms with E-state index in [0.717, 1.165) is 73.4 Å². The predicted octanol–water partition coefficient (Wildman–Crippen LogP) is 8.24. The van der Waals surface area contributed by atoms with Crippen LogP contribution < -0.4 is 16.0 Å². The van der Waals surface area contributed by atoms with Gasteiger partial charge in [0, 0.05) is 23.5 Å². The summed E-state index contributed by atoms with van der Waals surface area (Å²) in [4.78, 5) is 24.6. The predicted molar refractivity (Wildman–Crippen MR) is 179 cm³/mol. The number of fused-ring (bicyclic) bond motifs is 6. The highest BCUT2D eigenvalue weighted by Crippen LogP contribution is 2.67. The van der Waals surface area contributed by atoms with Gasteiger partial charge in [0.2, 0.25) is 5.91 Å². The van der Waals surface area contributed by atoms with Gasteiger partial charge in [-0.05, 0) is 111 Å². The maximum absolute atomic E-state index is 12.9. The lowest BCUT2D eigenvalue weighted by atomic mass is 9.47. The van der Waals surface area contributed by atoms with E-state index in [-0.39, 0.29) is 24.0 Å². The number of rotatable bonds is 11. The second-order valence-electron chi connectivity index (χ2n) is 16.7. The van der Waals surface area contributed by atoms with E-state index < -0.39 is 0 Å². The van der Waals surface area contributed by atoms with E-state index in [2.05, 4.69) is 56.6 Å². The Morgan fingerprint density at radius 2 is 1.86 bits per heavy atom. The minimum atomic E-state index is -0.0152. The number of carbonyl (C=O) groups excluding carboxylic acids is 2. The minimum absolute atomic E-state index is 0.0152. The highest BCUT2D eigenvalue weighted by Gasteiger charge is 2.59. The van der Waals surface area contributed by atoms with Crippen molar-refractivity contribution < 1.29 is 9.59 Å².